The van der Waals surface area contributed by atoms with Crippen molar-refractivity contribution in [2.45, 2.75) is 59.3 Å². The lowest BCUT2D eigenvalue weighted by Crippen LogP contribution is -1.83. The van der Waals surface area contributed by atoms with Gasteiger partial charge in [0.1, 0.15) is 0 Å². The highest BCUT2D eigenvalue weighted by molar-refractivity contribution is 5.93. The zero-order chi connectivity index (χ0) is 26.5. The zero-order valence-electron chi connectivity index (χ0n) is 23.4. The maximum absolute atomic E-state index is 2.33. The second-order valence-corrected chi connectivity index (χ2v) is 11.7. The van der Waals surface area contributed by atoms with Crippen molar-refractivity contribution in [3.8, 4) is 0 Å². The predicted octanol–water partition coefficient (Wildman–Crippen LogP) is 9.74. The molecule has 0 bridgehead atoms. The summed E-state index contributed by atoms with van der Waals surface area (Å²) in [5.74, 6) is 0. The molecule has 0 saturated carbocycles. The van der Waals surface area contributed by atoms with E-state index in [2.05, 4.69) is 112 Å². The first kappa shape index (κ1) is 24.2. The number of benzene rings is 6. The molecule has 39 heavy (non-hydrogen) atoms. The molecule has 6 aromatic carbocycles. The average molecular weight is 505 g/mol. The van der Waals surface area contributed by atoms with Gasteiger partial charge in [0.2, 0.25) is 0 Å². The first-order valence-corrected chi connectivity index (χ1v) is 14.6. The number of hydrogen-bond acceptors (Lipinski definition) is 0. The fraction of sp³-hybridized carbons (Fsp3) is 0.231. The van der Waals surface area contributed by atoms with E-state index in [1.807, 2.05) is 0 Å². The van der Waals surface area contributed by atoms with Crippen molar-refractivity contribution in [2.24, 2.45) is 0 Å². The molecule has 0 N–H and O–H groups in total. The molecule has 0 fully saturated rings. The largest absolute Gasteiger partial charge is 0.0614 e. The Hall–Kier alpha value is -3.90. The first-order chi connectivity index (χ1) is 19.1. The van der Waals surface area contributed by atoms with Gasteiger partial charge in [0.15, 0.2) is 0 Å². The van der Waals surface area contributed by atoms with Crippen LogP contribution in [-0.4, -0.2) is 0 Å². The Morgan fingerprint density at radius 2 is 1.00 bits per heavy atom. The molecule has 3 aliphatic rings. The Balaban J connectivity index is 0.0000000974. The van der Waals surface area contributed by atoms with E-state index >= 15 is 0 Å². The van der Waals surface area contributed by atoms with Crippen molar-refractivity contribution in [2.75, 3.05) is 0 Å². The fourth-order valence-electron chi connectivity index (χ4n) is 7.26. The summed E-state index contributed by atoms with van der Waals surface area (Å²) in [4.78, 5) is 0. The van der Waals surface area contributed by atoms with Gasteiger partial charge < -0.3 is 0 Å². The van der Waals surface area contributed by atoms with Crippen LogP contribution in [0.4, 0.5) is 0 Å². The van der Waals surface area contributed by atoms with Gasteiger partial charge in [0.25, 0.3) is 0 Å². The van der Waals surface area contributed by atoms with Crippen molar-refractivity contribution in [3.05, 3.63) is 141 Å². The molecule has 0 radical (unpaired) electrons. The van der Waals surface area contributed by atoms with E-state index in [1.165, 1.54) is 110 Å². The van der Waals surface area contributed by atoms with Gasteiger partial charge in [0, 0.05) is 0 Å². The smallest absolute Gasteiger partial charge is 0.0117 e. The third-order valence-electron chi connectivity index (χ3n) is 9.17. The minimum Gasteiger partial charge on any atom is -0.0614 e. The van der Waals surface area contributed by atoms with E-state index in [-0.39, 0.29) is 0 Å². The van der Waals surface area contributed by atoms with Crippen LogP contribution in [0.3, 0.4) is 0 Å². The van der Waals surface area contributed by atoms with Crippen LogP contribution in [0, 0.1) is 20.8 Å². The molecule has 0 nitrogen and oxygen atoms in total. The van der Waals surface area contributed by atoms with Crippen molar-refractivity contribution in [1.82, 2.24) is 0 Å². The highest BCUT2D eigenvalue weighted by Crippen LogP contribution is 2.34. The number of aryl methyl sites for hydroxylation is 9. The fourth-order valence-corrected chi connectivity index (χ4v) is 7.26. The summed E-state index contributed by atoms with van der Waals surface area (Å²) in [5.41, 5.74) is 13.5. The molecule has 0 spiro atoms. The molecule has 0 atom stereocenters. The van der Waals surface area contributed by atoms with Crippen LogP contribution in [0.25, 0.3) is 32.3 Å². The molecule has 9 rings (SSSR count). The molecule has 0 unspecified atom stereocenters. The Labute approximate surface area is 232 Å². The van der Waals surface area contributed by atoms with Crippen LogP contribution in [0.15, 0.2) is 91.0 Å². The van der Waals surface area contributed by atoms with E-state index in [1.54, 1.807) is 11.1 Å². The molecular formula is C39H36. The van der Waals surface area contributed by atoms with Gasteiger partial charge in [-0.1, -0.05) is 96.6 Å². The molecule has 0 heteroatoms. The predicted molar refractivity (Wildman–Crippen MR) is 168 cm³/mol. The third-order valence-corrected chi connectivity index (χ3v) is 9.17. The second-order valence-electron chi connectivity index (χ2n) is 11.7. The Morgan fingerprint density at radius 1 is 0.410 bits per heavy atom. The van der Waals surface area contributed by atoms with Gasteiger partial charge in [-0.2, -0.15) is 0 Å². The Bertz CT molecular complexity index is 1870. The van der Waals surface area contributed by atoms with E-state index in [0.29, 0.717) is 0 Å². The summed E-state index contributed by atoms with van der Waals surface area (Å²) >= 11 is 0. The van der Waals surface area contributed by atoms with Crippen LogP contribution >= 0.6 is 0 Å². The number of hydrogen-bond donors (Lipinski definition) is 0. The molecule has 192 valence electrons. The summed E-state index contributed by atoms with van der Waals surface area (Å²) in [7, 11) is 0. The minimum absolute atomic E-state index is 1.23. The lowest BCUT2D eigenvalue weighted by atomic mass is 10.0. The molecule has 0 saturated heterocycles. The average Bonchev–Trinajstić information content (AvgIpc) is 3.69. The van der Waals surface area contributed by atoms with Crippen molar-refractivity contribution < 1.29 is 0 Å². The summed E-state index contributed by atoms with van der Waals surface area (Å²) in [5, 5.41) is 8.87. The molecule has 0 aromatic heterocycles. The zero-order valence-corrected chi connectivity index (χ0v) is 23.4. The maximum atomic E-state index is 2.33. The molecule has 0 heterocycles. The van der Waals surface area contributed by atoms with Gasteiger partial charge in [-0.15, -0.1) is 0 Å². The van der Waals surface area contributed by atoms with Crippen LogP contribution in [-0.2, 0) is 38.5 Å². The second kappa shape index (κ2) is 9.69. The van der Waals surface area contributed by atoms with E-state index < -0.39 is 0 Å². The van der Waals surface area contributed by atoms with Gasteiger partial charge >= 0.3 is 0 Å². The van der Waals surface area contributed by atoms with Crippen molar-refractivity contribution >= 4 is 32.3 Å². The Kier molecular flexibility index (Phi) is 6.00. The molecule has 6 aromatic rings. The number of rotatable bonds is 0. The van der Waals surface area contributed by atoms with E-state index in [9.17, 15) is 0 Å². The van der Waals surface area contributed by atoms with Crippen LogP contribution < -0.4 is 0 Å². The lowest BCUT2D eigenvalue weighted by Gasteiger charge is -2.04. The van der Waals surface area contributed by atoms with Crippen molar-refractivity contribution in [3.63, 3.8) is 0 Å². The normalized spacial score (nSPS) is 13.9. The quantitative estimate of drug-likeness (QED) is 0.193. The Morgan fingerprint density at radius 3 is 1.79 bits per heavy atom. The lowest BCUT2D eigenvalue weighted by molar-refractivity contribution is 1.01. The van der Waals surface area contributed by atoms with Gasteiger partial charge in [-0.3, -0.25) is 0 Å². The highest BCUT2D eigenvalue weighted by Gasteiger charge is 2.16. The minimum atomic E-state index is 1.23. The molecular weight excluding hydrogens is 468 g/mol. The first-order valence-electron chi connectivity index (χ1n) is 14.6. The summed E-state index contributed by atoms with van der Waals surface area (Å²) < 4.78 is 0. The molecule has 0 amide bonds. The highest BCUT2D eigenvalue weighted by atomic mass is 14.2. The van der Waals surface area contributed by atoms with Crippen LogP contribution in [0.1, 0.15) is 50.1 Å². The standard InChI is InChI=1S/3C13H12/c1-9-7-11-4-2-3-10-5-6-12(8-9)13(10)11;1-9-5-6-11-8-7-10-3-2-4-12(9)13(10)11;1-9-5-6-10-3-2-4-11-7-8-12(9)13(10)11/h2-4,7-8H,5-6H2,1H3;2*2-6H,7-8H2,1H3. The summed E-state index contributed by atoms with van der Waals surface area (Å²) in [6.07, 6.45) is 7.40. The topological polar surface area (TPSA) is 0 Å². The van der Waals surface area contributed by atoms with Gasteiger partial charge in [-0.05, 0) is 136 Å². The van der Waals surface area contributed by atoms with Gasteiger partial charge in [0.05, 0.1) is 0 Å². The van der Waals surface area contributed by atoms with Crippen LogP contribution in [0.2, 0.25) is 0 Å². The monoisotopic (exact) mass is 504 g/mol. The van der Waals surface area contributed by atoms with Crippen molar-refractivity contribution in [1.29, 1.82) is 0 Å². The SMILES string of the molecule is Cc1cc2c3c(cccc3c1)CC2.Cc1ccc2c3c(cccc13)CC2.Cc1ccc2cccc3c2c1CC3. The van der Waals surface area contributed by atoms with Crippen LogP contribution in [0.5, 0.6) is 0 Å². The summed E-state index contributed by atoms with van der Waals surface area (Å²) in [6.45, 7) is 6.60. The molecule has 0 aliphatic heterocycles. The van der Waals surface area contributed by atoms with E-state index in [0.717, 1.165) is 0 Å². The van der Waals surface area contributed by atoms with E-state index in [4.69, 9.17) is 0 Å². The third kappa shape index (κ3) is 4.23. The molecule has 3 aliphatic carbocycles. The summed E-state index contributed by atoms with van der Waals surface area (Å²) in [6, 6.07) is 33.6. The maximum Gasteiger partial charge on any atom is -0.0117 e. The van der Waals surface area contributed by atoms with Gasteiger partial charge in [-0.25, -0.2) is 0 Å².